The molecular weight excluding hydrogens is 254 g/mol. The number of ether oxygens (including phenoxy) is 2. The van der Waals surface area contributed by atoms with Crippen molar-refractivity contribution in [3.05, 3.63) is 29.8 Å². The number of rotatable bonds is 4. The Hall–Kier alpha value is -1.57. The van der Waals surface area contributed by atoms with E-state index in [0.717, 1.165) is 5.56 Å². The molecule has 0 fully saturated rings. The van der Waals surface area contributed by atoms with Gasteiger partial charge >= 0.3 is 0 Å². The second-order valence-electron chi connectivity index (χ2n) is 5.62. The molecule has 0 amide bonds. The summed E-state index contributed by atoms with van der Waals surface area (Å²) in [5, 5.41) is 21.1. The third-order valence-corrected chi connectivity index (χ3v) is 4.33. The molecule has 0 spiro atoms. The molecule has 1 aromatic carbocycles. The Bertz CT molecular complexity index is 523. The quantitative estimate of drug-likeness (QED) is 0.915. The first-order valence-electron chi connectivity index (χ1n) is 6.86. The van der Waals surface area contributed by atoms with Crippen molar-refractivity contribution >= 4 is 0 Å². The average Bonchev–Trinajstić information content (AvgIpc) is 2.46. The van der Waals surface area contributed by atoms with Crippen LogP contribution < -0.4 is 4.74 Å². The molecule has 0 saturated heterocycles. The zero-order valence-electron chi connectivity index (χ0n) is 12.2. The minimum atomic E-state index is -1.25. The van der Waals surface area contributed by atoms with Gasteiger partial charge in [0.05, 0.1) is 19.3 Å². The summed E-state index contributed by atoms with van der Waals surface area (Å²) in [6.45, 7) is 4.36. The molecule has 2 atom stereocenters. The van der Waals surface area contributed by atoms with Crippen molar-refractivity contribution in [3.63, 3.8) is 0 Å². The van der Waals surface area contributed by atoms with Crippen LogP contribution in [-0.2, 0) is 10.2 Å². The summed E-state index contributed by atoms with van der Waals surface area (Å²) in [4.78, 5) is 0. The van der Waals surface area contributed by atoms with Gasteiger partial charge in [0.2, 0.25) is 0 Å². The van der Waals surface area contributed by atoms with E-state index in [9.17, 15) is 10.4 Å². The third-order valence-electron chi connectivity index (χ3n) is 4.33. The number of nitrogens with zero attached hydrogens (tertiary/aromatic N) is 1. The SMILES string of the molecule is COCC(O)(C(C)C)C1(C#N)CCOc2ccccc21. The van der Waals surface area contributed by atoms with Crippen LogP contribution in [-0.4, -0.2) is 31.0 Å². The van der Waals surface area contributed by atoms with Crippen molar-refractivity contribution in [3.8, 4) is 11.8 Å². The third kappa shape index (κ3) is 1.98. The van der Waals surface area contributed by atoms with Gasteiger partial charge in [-0.1, -0.05) is 32.0 Å². The van der Waals surface area contributed by atoms with Crippen molar-refractivity contribution in [2.24, 2.45) is 5.92 Å². The van der Waals surface area contributed by atoms with Crippen molar-refractivity contribution in [1.29, 1.82) is 5.26 Å². The van der Waals surface area contributed by atoms with Crippen LogP contribution in [0.5, 0.6) is 5.75 Å². The molecule has 0 aromatic heterocycles. The molecule has 1 aromatic rings. The lowest BCUT2D eigenvalue weighted by atomic mass is 9.61. The van der Waals surface area contributed by atoms with E-state index in [2.05, 4.69) is 6.07 Å². The Morgan fingerprint density at radius 2 is 2.20 bits per heavy atom. The highest BCUT2D eigenvalue weighted by molar-refractivity contribution is 5.48. The molecule has 4 heteroatoms. The molecule has 2 unspecified atom stereocenters. The summed E-state index contributed by atoms with van der Waals surface area (Å²) < 4.78 is 10.9. The lowest BCUT2D eigenvalue weighted by Crippen LogP contribution is -2.59. The smallest absolute Gasteiger partial charge is 0.124 e. The van der Waals surface area contributed by atoms with Crippen LogP contribution in [0.2, 0.25) is 0 Å². The summed E-state index contributed by atoms with van der Waals surface area (Å²) in [5.41, 5.74) is -1.51. The van der Waals surface area contributed by atoms with Gasteiger partial charge in [-0.25, -0.2) is 0 Å². The number of methoxy groups -OCH3 is 1. The summed E-state index contributed by atoms with van der Waals surface area (Å²) in [7, 11) is 1.55. The van der Waals surface area contributed by atoms with Gasteiger partial charge in [-0.05, 0) is 12.0 Å². The Morgan fingerprint density at radius 1 is 1.50 bits per heavy atom. The molecule has 20 heavy (non-hydrogen) atoms. The zero-order chi connectivity index (χ0) is 14.8. The largest absolute Gasteiger partial charge is 0.493 e. The summed E-state index contributed by atoms with van der Waals surface area (Å²) in [6.07, 6.45) is 0.457. The lowest BCUT2D eigenvalue weighted by molar-refractivity contribution is -0.113. The van der Waals surface area contributed by atoms with E-state index in [-0.39, 0.29) is 12.5 Å². The van der Waals surface area contributed by atoms with Crippen molar-refractivity contribution in [2.75, 3.05) is 20.3 Å². The number of hydrogen-bond donors (Lipinski definition) is 1. The average molecular weight is 275 g/mol. The topological polar surface area (TPSA) is 62.5 Å². The second-order valence-corrected chi connectivity index (χ2v) is 5.62. The fourth-order valence-corrected chi connectivity index (χ4v) is 3.06. The Morgan fingerprint density at radius 3 is 2.80 bits per heavy atom. The number of para-hydroxylation sites is 1. The first kappa shape index (κ1) is 14.8. The van der Waals surface area contributed by atoms with E-state index in [1.165, 1.54) is 0 Å². The highest BCUT2D eigenvalue weighted by Gasteiger charge is 2.56. The molecule has 0 radical (unpaired) electrons. The molecule has 108 valence electrons. The molecule has 1 N–H and O–H groups in total. The molecule has 0 aliphatic carbocycles. The lowest BCUT2D eigenvalue weighted by Gasteiger charge is -2.47. The van der Waals surface area contributed by atoms with Crippen molar-refractivity contribution < 1.29 is 14.6 Å². The van der Waals surface area contributed by atoms with E-state index < -0.39 is 11.0 Å². The number of benzene rings is 1. The van der Waals surface area contributed by atoms with Crippen molar-refractivity contribution in [1.82, 2.24) is 0 Å². The van der Waals surface area contributed by atoms with E-state index in [1.54, 1.807) is 7.11 Å². The minimum absolute atomic E-state index is 0.117. The maximum Gasteiger partial charge on any atom is 0.124 e. The fraction of sp³-hybridized carbons (Fsp3) is 0.562. The van der Waals surface area contributed by atoms with E-state index >= 15 is 0 Å². The number of aliphatic hydroxyl groups is 1. The molecule has 1 aliphatic heterocycles. The van der Waals surface area contributed by atoms with Gasteiger partial charge in [-0.15, -0.1) is 0 Å². The minimum Gasteiger partial charge on any atom is -0.493 e. The number of nitriles is 1. The zero-order valence-corrected chi connectivity index (χ0v) is 12.2. The number of fused-ring (bicyclic) bond motifs is 1. The van der Waals surface area contributed by atoms with Crippen LogP contribution in [0.25, 0.3) is 0 Å². The van der Waals surface area contributed by atoms with Gasteiger partial charge in [0.1, 0.15) is 16.8 Å². The van der Waals surface area contributed by atoms with Crippen LogP contribution in [0, 0.1) is 17.2 Å². The Kier molecular flexibility index (Phi) is 4.03. The Balaban J connectivity index is 2.64. The molecule has 0 bridgehead atoms. The van der Waals surface area contributed by atoms with Gasteiger partial charge in [0.25, 0.3) is 0 Å². The summed E-state index contributed by atoms with van der Waals surface area (Å²) in [6, 6.07) is 9.81. The van der Waals surface area contributed by atoms with Gasteiger partial charge in [-0.2, -0.15) is 5.26 Å². The van der Waals surface area contributed by atoms with E-state index in [4.69, 9.17) is 9.47 Å². The van der Waals surface area contributed by atoms with Crippen LogP contribution >= 0.6 is 0 Å². The van der Waals surface area contributed by atoms with E-state index in [0.29, 0.717) is 18.8 Å². The van der Waals surface area contributed by atoms with Crippen LogP contribution in [0.4, 0.5) is 0 Å². The maximum absolute atomic E-state index is 11.2. The van der Waals surface area contributed by atoms with Gasteiger partial charge in [0.15, 0.2) is 0 Å². The molecule has 1 aliphatic rings. The predicted molar refractivity (Wildman–Crippen MR) is 75.5 cm³/mol. The van der Waals surface area contributed by atoms with E-state index in [1.807, 2.05) is 38.1 Å². The molecule has 0 saturated carbocycles. The van der Waals surface area contributed by atoms with Gasteiger partial charge in [0, 0.05) is 19.1 Å². The first-order valence-corrected chi connectivity index (χ1v) is 6.86. The molecule has 1 heterocycles. The van der Waals surface area contributed by atoms with Crippen molar-refractivity contribution in [2.45, 2.75) is 31.3 Å². The van der Waals surface area contributed by atoms with Crippen LogP contribution in [0.1, 0.15) is 25.8 Å². The molecule has 4 nitrogen and oxygen atoms in total. The highest BCUT2D eigenvalue weighted by atomic mass is 16.5. The maximum atomic E-state index is 11.2. The highest BCUT2D eigenvalue weighted by Crippen LogP contribution is 2.48. The summed E-state index contributed by atoms with van der Waals surface area (Å²) in [5.74, 6) is 0.559. The molecule has 2 rings (SSSR count). The molecular formula is C16H21NO3. The second kappa shape index (κ2) is 5.43. The monoisotopic (exact) mass is 275 g/mol. The standard InChI is InChI=1S/C16H21NO3/c1-12(2)16(18,11-19-3)15(10-17)8-9-20-14-7-5-4-6-13(14)15/h4-7,12,18H,8-9,11H2,1-3H3. The van der Waals surface area contributed by atoms with Gasteiger partial charge in [-0.3, -0.25) is 0 Å². The first-order chi connectivity index (χ1) is 9.52. The summed E-state index contributed by atoms with van der Waals surface area (Å²) >= 11 is 0. The Labute approximate surface area is 119 Å². The van der Waals surface area contributed by atoms with Crippen LogP contribution in [0.15, 0.2) is 24.3 Å². The fourth-order valence-electron chi connectivity index (χ4n) is 3.06. The van der Waals surface area contributed by atoms with Gasteiger partial charge < -0.3 is 14.6 Å². The normalized spacial score (nSPS) is 24.4. The number of hydrogen-bond acceptors (Lipinski definition) is 4. The van der Waals surface area contributed by atoms with Crippen LogP contribution in [0.3, 0.4) is 0 Å². The predicted octanol–water partition coefficient (Wildman–Crippen LogP) is 2.26.